The van der Waals surface area contributed by atoms with Crippen molar-refractivity contribution in [3.8, 4) is 0 Å². The molecule has 0 saturated carbocycles. The number of nitrogens with one attached hydrogen (secondary N) is 1. The van der Waals surface area contributed by atoms with E-state index < -0.39 is 0 Å². The normalized spacial score (nSPS) is 19.1. The third kappa shape index (κ3) is 3.53. The quantitative estimate of drug-likeness (QED) is 0.924. The number of amides is 1. The van der Waals surface area contributed by atoms with Gasteiger partial charge in [-0.3, -0.25) is 4.79 Å². The highest BCUT2D eigenvalue weighted by molar-refractivity contribution is 6.33. The number of halogens is 1. The van der Waals surface area contributed by atoms with E-state index in [0.717, 1.165) is 37.9 Å². The van der Waals surface area contributed by atoms with Gasteiger partial charge in [0.25, 0.3) is 5.91 Å². The molecule has 1 heterocycles. The monoisotopic (exact) mass is 294 g/mol. The summed E-state index contributed by atoms with van der Waals surface area (Å²) in [7, 11) is 1.95. The molecule has 1 N–H and O–H groups in total. The fourth-order valence-corrected chi connectivity index (χ4v) is 3.14. The van der Waals surface area contributed by atoms with Crippen LogP contribution in [0, 0.1) is 6.92 Å². The van der Waals surface area contributed by atoms with Gasteiger partial charge in [0, 0.05) is 12.6 Å². The van der Waals surface area contributed by atoms with Crippen LogP contribution in [-0.4, -0.2) is 37.0 Å². The first-order chi connectivity index (χ1) is 9.63. The van der Waals surface area contributed by atoms with Gasteiger partial charge in [-0.15, -0.1) is 0 Å². The summed E-state index contributed by atoms with van der Waals surface area (Å²) in [4.78, 5) is 14.7. The standard InChI is InChI=1S/C16H23ClN2O/c1-12-6-7-14(15(17)11-12)16(20)19-10-4-3-5-13(19)8-9-18-2/h6-7,11,13,18H,3-5,8-10H2,1-2H3. The van der Waals surface area contributed by atoms with E-state index >= 15 is 0 Å². The van der Waals surface area contributed by atoms with Gasteiger partial charge < -0.3 is 10.2 Å². The van der Waals surface area contributed by atoms with Crippen LogP contribution in [-0.2, 0) is 0 Å². The average Bonchev–Trinajstić information content (AvgIpc) is 2.45. The Hall–Kier alpha value is -1.06. The minimum Gasteiger partial charge on any atom is -0.336 e. The molecule has 1 atom stereocenters. The van der Waals surface area contributed by atoms with Gasteiger partial charge in [0.05, 0.1) is 10.6 Å². The minimum atomic E-state index is 0.0794. The molecule has 0 radical (unpaired) electrons. The molecular weight excluding hydrogens is 272 g/mol. The fourth-order valence-electron chi connectivity index (χ4n) is 2.83. The summed E-state index contributed by atoms with van der Waals surface area (Å²) in [5.74, 6) is 0.0794. The highest BCUT2D eigenvalue weighted by Crippen LogP contribution is 2.25. The van der Waals surface area contributed by atoms with E-state index in [0.29, 0.717) is 16.6 Å². The van der Waals surface area contributed by atoms with Gasteiger partial charge in [0.1, 0.15) is 0 Å². The molecule has 1 saturated heterocycles. The van der Waals surface area contributed by atoms with Crippen LogP contribution in [0.4, 0.5) is 0 Å². The predicted octanol–water partition coefficient (Wildman–Crippen LogP) is 3.25. The van der Waals surface area contributed by atoms with E-state index in [9.17, 15) is 4.79 Å². The summed E-state index contributed by atoms with van der Waals surface area (Å²) in [5.41, 5.74) is 1.71. The summed E-state index contributed by atoms with van der Waals surface area (Å²) >= 11 is 6.24. The number of rotatable bonds is 4. The number of hydrogen-bond acceptors (Lipinski definition) is 2. The number of hydrogen-bond donors (Lipinski definition) is 1. The zero-order valence-corrected chi connectivity index (χ0v) is 13.0. The van der Waals surface area contributed by atoms with Crippen molar-refractivity contribution in [2.45, 2.75) is 38.6 Å². The Balaban J connectivity index is 2.16. The van der Waals surface area contributed by atoms with Crippen molar-refractivity contribution in [1.29, 1.82) is 0 Å². The Morgan fingerprint density at radius 3 is 2.95 bits per heavy atom. The molecule has 1 aromatic rings. The predicted molar refractivity (Wildman–Crippen MR) is 83.4 cm³/mol. The molecule has 1 amide bonds. The van der Waals surface area contributed by atoms with E-state index in [1.807, 2.05) is 37.1 Å². The lowest BCUT2D eigenvalue weighted by Gasteiger charge is -2.36. The largest absolute Gasteiger partial charge is 0.336 e. The lowest BCUT2D eigenvalue weighted by molar-refractivity contribution is 0.0603. The maximum absolute atomic E-state index is 12.7. The number of carbonyl (C=O) groups excluding carboxylic acids is 1. The number of nitrogens with zero attached hydrogens (tertiary/aromatic N) is 1. The van der Waals surface area contributed by atoms with Crippen LogP contribution in [0.2, 0.25) is 5.02 Å². The SMILES string of the molecule is CNCCC1CCCCN1C(=O)c1ccc(C)cc1Cl. The highest BCUT2D eigenvalue weighted by Gasteiger charge is 2.28. The summed E-state index contributed by atoms with van der Waals surface area (Å²) in [6.45, 7) is 3.77. The summed E-state index contributed by atoms with van der Waals surface area (Å²) < 4.78 is 0. The van der Waals surface area contributed by atoms with Crippen LogP contribution in [0.15, 0.2) is 18.2 Å². The van der Waals surface area contributed by atoms with Crippen molar-refractivity contribution < 1.29 is 4.79 Å². The van der Waals surface area contributed by atoms with E-state index in [4.69, 9.17) is 11.6 Å². The smallest absolute Gasteiger partial charge is 0.255 e. The molecule has 1 aliphatic heterocycles. The molecule has 0 spiro atoms. The zero-order valence-electron chi connectivity index (χ0n) is 12.3. The topological polar surface area (TPSA) is 32.3 Å². The molecule has 1 aromatic carbocycles. The summed E-state index contributed by atoms with van der Waals surface area (Å²) in [6, 6.07) is 6.00. The number of benzene rings is 1. The molecule has 110 valence electrons. The van der Waals surface area contributed by atoms with Gasteiger partial charge in [-0.25, -0.2) is 0 Å². The summed E-state index contributed by atoms with van der Waals surface area (Å²) in [6.07, 6.45) is 4.40. The first kappa shape index (κ1) is 15.3. The number of piperidine rings is 1. The highest BCUT2D eigenvalue weighted by atomic mass is 35.5. The second kappa shape index (κ2) is 7.09. The van der Waals surface area contributed by atoms with Gasteiger partial charge in [-0.1, -0.05) is 17.7 Å². The molecule has 0 bridgehead atoms. The molecule has 3 nitrogen and oxygen atoms in total. The number of aryl methyl sites for hydroxylation is 1. The van der Waals surface area contributed by atoms with Crippen LogP contribution >= 0.6 is 11.6 Å². The molecule has 4 heteroatoms. The average molecular weight is 295 g/mol. The number of likely N-dealkylation sites (tertiary alicyclic amines) is 1. The van der Waals surface area contributed by atoms with Crippen LogP contribution in [0.1, 0.15) is 41.6 Å². The van der Waals surface area contributed by atoms with Gasteiger partial charge in [0.2, 0.25) is 0 Å². The van der Waals surface area contributed by atoms with Crippen molar-refractivity contribution in [3.63, 3.8) is 0 Å². The molecule has 0 aliphatic carbocycles. The van der Waals surface area contributed by atoms with Gasteiger partial charge in [-0.05, 0) is 63.9 Å². The molecule has 1 aliphatic rings. The Kier molecular flexibility index (Phi) is 5.44. The number of carbonyl (C=O) groups is 1. The maximum atomic E-state index is 12.7. The second-order valence-corrected chi connectivity index (χ2v) is 5.93. The van der Waals surface area contributed by atoms with Gasteiger partial charge >= 0.3 is 0 Å². The van der Waals surface area contributed by atoms with Crippen molar-refractivity contribution >= 4 is 17.5 Å². The van der Waals surface area contributed by atoms with E-state index in [1.54, 1.807) is 0 Å². The van der Waals surface area contributed by atoms with Crippen molar-refractivity contribution in [3.05, 3.63) is 34.3 Å². The van der Waals surface area contributed by atoms with Crippen molar-refractivity contribution in [2.75, 3.05) is 20.1 Å². The minimum absolute atomic E-state index is 0.0794. The molecule has 2 rings (SSSR count). The Labute approximate surface area is 126 Å². The third-order valence-corrected chi connectivity index (χ3v) is 4.28. The van der Waals surface area contributed by atoms with Gasteiger partial charge in [-0.2, -0.15) is 0 Å². The Morgan fingerprint density at radius 2 is 2.25 bits per heavy atom. The molecule has 1 unspecified atom stereocenters. The first-order valence-electron chi connectivity index (χ1n) is 7.35. The molecular formula is C16H23ClN2O. The lowest BCUT2D eigenvalue weighted by atomic mass is 9.98. The first-order valence-corrected chi connectivity index (χ1v) is 7.73. The van der Waals surface area contributed by atoms with Crippen molar-refractivity contribution in [2.24, 2.45) is 0 Å². The lowest BCUT2D eigenvalue weighted by Crippen LogP contribution is -2.44. The maximum Gasteiger partial charge on any atom is 0.255 e. The van der Waals surface area contributed by atoms with Gasteiger partial charge in [0.15, 0.2) is 0 Å². The van der Waals surface area contributed by atoms with Crippen LogP contribution in [0.5, 0.6) is 0 Å². The third-order valence-electron chi connectivity index (χ3n) is 3.97. The van der Waals surface area contributed by atoms with Crippen LogP contribution in [0.25, 0.3) is 0 Å². The molecule has 1 fully saturated rings. The Morgan fingerprint density at radius 1 is 1.45 bits per heavy atom. The van der Waals surface area contributed by atoms with Crippen LogP contribution < -0.4 is 5.32 Å². The van der Waals surface area contributed by atoms with E-state index in [2.05, 4.69) is 5.32 Å². The van der Waals surface area contributed by atoms with Crippen LogP contribution in [0.3, 0.4) is 0 Å². The van der Waals surface area contributed by atoms with Crippen molar-refractivity contribution in [1.82, 2.24) is 10.2 Å². The molecule has 0 aromatic heterocycles. The second-order valence-electron chi connectivity index (χ2n) is 5.52. The Bertz CT molecular complexity index is 476. The summed E-state index contributed by atoms with van der Waals surface area (Å²) in [5, 5.41) is 3.73. The van der Waals surface area contributed by atoms with E-state index in [-0.39, 0.29) is 5.91 Å². The molecule has 20 heavy (non-hydrogen) atoms. The fraction of sp³-hybridized carbons (Fsp3) is 0.562. The van der Waals surface area contributed by atoms with E-state index in [1.165, 1.54) is 6.42 Å². The zero-order chi connectivity index (χ0) is 14.5.